The number of nitrogens with zero attached hydrogens (tertiary/aromatic N) is 3. The molecule has 8 heteroatoms. The predicted molar refractivity (Wildman–Crippen MR) is 108 cm³/mol. The van der Waals surface area contributed by atoms with Crippen molar-refractivity contribution in [3.8, 4) is 0 Å². The standard InChI is InChI=1S/C21H21AsFN3O3/c23-16-6-4-15(5-7-16)19(27)26-13-11-25(12-14-26)18(17-3-1-2-10-24-17)22-21(8-9-21)20(28)29/h1-7,10H,8-9,11-14H2,(H,28,29). The molecule has 1 aromatic carbocycles. The quantitative estimate of drug-likeness (QED) is 0.695. The van der Waals surface area contributed by atoms with Crippen LogP contribution in [0.5, 0.6) is 0 Å². The predicted octanol–water partition coefficient (Wildman–Crippen LogP) is 1.90. The monoisotopic (exact) mass is 457 g/mol. The van der Waals surface area contributed by atoms with Crippen LogP contribution in [0.2, 0.25) is 4.20 Å². The number of carbonyl (C=O) groups is 2. The van der Waals surface area contributed by atoms with Gasteiger partial charge in [0.2, 0.25) is 0 Å². The van der Waals surface area contributed by atoms with Crippen molar-refractivity contribution >= 4 is 31.6 Å². The van der Waals surface area contributed by atoms with Gasteiger partial charge in [0.15, 0.2) is 0 Å². The zero-order valence-electron chi connectivity index (χ0n) is 15.8. The summed E-state index contributed by atoms with van der Waals surface area (Å²) >= 11 is -0.584. The molecule has 2 fully saturated rings. The summed E-state index contributed by atoms with van der Waals surface area (Å²) in [4.78, 5) is 32.9. The fourth-order valence-electron chi connectivity index (χ4n) is 3.38. The minimum absolute atomic E-state index is 0.110. The van der Waals surface area contributed by atoms with E-state index in [1.807, 2.05) is 18.2 Å². The molecule has 29 heavy (non-hydrogen) atoms. The number of aromatic nitrogens is 1. The van der Waals surface area contributed by atoms with Gasteiger partial charge >= 0.3 is 174 Å². The normalized spacial score (nSPS) is 19.1. The van der Waals surface area contributed by atoms with Crippen molar-refractivity contribution in [1.29, 1.82) is 0 Å². The van der Waals surface area contributed by atoms with E-state index in [2.05, 4.69) is 9.88 Å². The molecule has 4 rings (SSSR count). The second-order valence-electron chi connectivity index (χ2n) is 7.27. The molecule has 1 aromatic heterocycles. The van der Waals surface area contributed by atoms with E-state index in [4.69, 9.17) is 0 Å². The Morgan fingerprint density at radius 3 is 2.21 bits per heavy atom. The van der Waals surface area contributed by atoms with Gasteiger partial charge in [0.25, 0.3) is 0 Å². The Bertz CT molecular complexity index is 937. The summed E-state index contributed by atoms with van der Waals surface area (Å²) in [6.07, 6.45) is 3.18. The van der Waals surface area contributed by atoms with Crippen LogP contribution in [0.4, 0.5) is 4.39 Å². The Balaban J connectivity index is 1.51. The average molecular weight is 457 g/mol. The molecule has 0 unspecified atom stereocenters. The number of hydrogen-bond acceptors (Lipinski definition) is 4. The van der Waals surface area contributed by atoms with Gasteiger partial charge in [-0.3, -0.25) is 0 Å². The number of pyridine rings is 1. The molecule has 1 aliphatic carbocycles. The molecule has 0 bridgehead atoms. The van der Waals surface area contributed by atoms with Gasteiger partial charge in [0, 0.05) is 0 Å². The third-order valence-corrected chi connectivity index (χ3v) is 9.05. The molecule has 0 spiro atoms. The Kier molecular flexibility index (Phi) is 5.61. The summed E-state index contributed by atoms with van der Waals surface area (Å²) in [5, 5.41) is 9.65. The van der Waals surface area contributed by atoms with Gasteiger partial charge < -0.3 is 0 Å². The van der Waals surface area contributed by atoms with Crippen molar-refractivity contribution < 1.29 is 19.1 Å². The number of piperazine rings is 1. The summed E-state index contributed by atoms with van der Waals surface area (Å²) in [5.41, 5.74) is 1.31. The van der Waals surface area contributed by atoms with Crippen molar-refractivity contribution in [2.24, 2.45) is 0 Å². The Labute approximate surface area is 174 Å². The molecule has 1 N–H and O–H groups in total. The maximum atomic E-state index is 13.1. The SMILES string of the molecule is O=C(c1ccc(F)cc1)N1CCN(C(=[As]C2(C(=O)O)CC2)c2ccccn2)CC1. The van der Waals surface area contributed by atoms with Crippen molar-refractivity contribution in [2.75, 3.05) is 26.2 Å². The van der Waals surface area contributed by atoms with Crippen LogP contribution in [-0.4, -0.2) is 77.7 Å². The van der Waals surface area contributed by atoms with Gasteiger partial charge in [0.05, 0.1) is 0 Å². The van der Waals surface area contributed by atoms with Crippen LogP contribution in [0.1, 0.15) is 28.9 Å². The molecule has 0 radical (unpaired) electrons. The van der Waals surface area contributed by atoms with E-state index in [-0.39, 0.29) is 11.7 Å². The molecule has 1 saturated carbocycles. The van der Waals surface area contributed by atoms with E-state index >= 15 is 0 Å². The number of carboxylic acids is 1. The first-order valence-corrected chi connectivity index (χ1v) is 11.4. The number of halogens is 1. The van der Waals surface area contributed by atoms with Crippen LogP contribution in [0, 0.1) is 5.82 Å². The fourth-order valence-corrected chi connectivity index (χ4v) is 6.37. The first kappa shape index (κ1) is 19.9. The molecule has 150 valence electrons. The van der Waals surface area contributed by atoms with Gasteiger partial charge in [-0.25, -0.2) is 0 Å². The Morgan fingerprint density at radius 1 is 1.00 bits per heavy atom. The zero-order chi connectivity index (χ0) is 20.4. The molecule has 2 aliphatic rings. The third kappa shape index (κ3) is 4.31. The van der Waals surface area contributed by atoms with Crippen LogP contribution in [0.25, 0.3) is 0 Å². The van der Waals surface area contributed by atoms with E-state index in [0.29, 0.717) is 31.7 Å². The molecule has 1 aliphatic heterocycles. The number of benzene rings is 1. The number of carboxylic acid groups (broad SMARTS) is 1. The number of aliphatic carboxylic acids is 1. The maximum absolute atomic E-state index is 13.1. The van der Waals surface area contributed by atoms with Crippen molar-refractivity contribution in [2.45, 2.75) is 17.0 Å². The second-order valence-corrected chi connectivity index (χ2v) is 10.4. The van der Waals surface area contributed by atoms with Crippen LogP contribution >= 0.6 is 0 Å². The molecule has 1 saturated heterocycles. The zero-order valence-corrected chi connectivity index (χ0v) is 17.7. The molecule has 0 atom stereocenters. The number of rotatable bonds is 5. The van der Waals surface area contributed by atoms with Crippen LogP contribution in [0.15, 0.2) is 48.7 Å². The van der Waals surface area contributed by atoms with Crippen molar-refractivity contribution in [3.63, 3.8) is 0 Å². The van der Waals surface area contributed by atoms with E-state index < -0.39 is 25.5 Å². The molecule has 2 heterocycles. The second kappa shape index (κ2) is 8.17. The number of carbonyl (C=O) groups excluding carboxylic acids is 1. The van der Waals surface area contributed by atoms with Crippen molar-refractivity contribution in [3.05, 3.63) is 65.7 Å². The molecular formula is C21H21AsFN3O3. The average Bonchev–Trinajstić information content (AvgIpc) is 3.54. The van der Waals surface area contributed by atoms with Crippen molar-refractivity contribution in [1.82, 2.24) is 14.8 Å². The van der Waals surface area contributed by atoms with Crippen LogP contribution < -0.4 is 0 Å². The molecule has 6 nitrogen and oxygen atoms in total. The topological polar surface area (TPSA) is 73.7 Å². The van der Waals surface area contributed by atoms with Gasteiger partial charge in [0.1, 0.15) is 0 Å². The third-order valence-electron chi connectivity index (χ3n) is 5.29. The van der Waals surface area contributed by atoms with Gasteiger partial charge in [-0.1, -0.05) is 0 Å². The van der Waals surface area contributed by atoms with Crippen LogP contribution in [-0.2, 0) is 4.79 Å². The van der Waals surface area contributed by atoms with E-state index in [9.17, 15) is 19.1 Å². The summed E-state index contributed by atoms with van der Waals surface area (Å²) < 4.78 is 13.5. The first-order chi connectivity index (χ1) is 14.0. The molecular weight excluding hydrogens is 436 g/mol. The van der Waals surface area contributed by atoms with E-state index in [0.717, 1.165) is 23.0 Å². The number of hydrogen-bond donors (Lipinski definition) is 1. The molecule has 2 aromatic rings. The summed E-state index contributed by atoms with van der Waals surface area (Å²) in [5.74, 6) is -1.19. The first-order valence-electron chi connectivity index (χ1n) is 9.53. The minimum atomic E-state index is -0.712. The Morgan fingerprint density at radius 2 is 1.66 bits per heavy atom. The van der Waals surface area contributed by atoms with Crippen LogP contribution in [0.3, 0.4) is 0 Å². The van der Waals surface area contributed by atoms with E-state index in [1.165, 1.54) is 24.3 Å². The van der Waals surface area contributed by atoms with Gasteiger partial charge in [-0.15, -0.1) is 0 Å². The molecule has 1 amide bonds. The fraction of sp³-hybridized carbons (Fsp3) is 0.333. The van der Waals surface area contributed by atoms with E-state index in [1.54, 1.807) is 11.1 Å². The van der Waals surface area contributed by atoms with Gasteiger partial charge in [-0.2, -0.15) is 0 Å². The number of amides is 1. The summed E-state index contributed by atoms with van der Waals surface area (Å²) in [6, 6.07) is 11.3. The Hall–Kier alpha value is -2.37. The van der Waals surface area contributed by atoms with Gasteiger partial charge in [-0.05, 0) is 0 Å². The summed E-state index contributed by atoms with van der Waals surface area (Å²) in [6.45, 7) is 2.33. The summed E-state index contributed by atoms with van der Waals surface area (Å²) in [7, 11) is 0.